The first-order valence-electron chi connectivity index (χ1n) is 5.98. The summed E-state index contributed by atoms with van der Waals surface area (Å²) in [5, 5.41) is 0. The smallest absolute Gasteiger partial charge is 0.126 e. The summed E-state index contributed by atoms with van der Waals surface area (Å²) >= 11 is 0. The van der Waals surface area contributed by atoms with Crippen LogP contribution in [0.4, 0.5) is 10.1 Å². The number of hydrogen-bond acceptors (Lipinski definition) is 2. The summed E-state index contributed by atoms with van der Waals surface area (Å²) in [5.74, 6) is 0. The van der Waals surface area contributed by atoms with Crippen LogP contribution in [0.25, 0.3) is 0 Å². The van der Waals surface area contributed by atoms with Gasteiger partial charge in [-0.2, -0.15) is 0 Å². The summed E-state index contributed by atoms with van der Waals surface area (Å²) in [7, 11) is 0. The van der Waals surface area contributed by atoms with Gasteiger partial charge in [-0.05, 0) is 43.5 Å². The highest BCUT2D eigenvalue weighted by Crippen LogP contribution is 2.31. The van der Waals surface area contributed by atoms with Gasteiger partial charge in [0.25, 0.3) is 0 Å². The van der Waals surface area contributed by atoms with Crippen molar-refractivity contribution in [3.63, 3.8) is 0 Å². The molecule has 2 rings (SSSR count). The Morgan fingerprint density at radius 2 is 2.31 bits per heavy atom. The lowest BCUT2D eigenvalue weighted by Gasteiger charge is -2.17. The summed E-state index contributed by atoms with van der Waals surface area (Å²) < 4.78 is 13.7. The van der Waals surface area contributed by atoms with Crippen molar-refractivity contribution in [2.45, 2.75) is 25.9 Å². The fourth-order valence-electron chi connectivity index (χ4n) is 2.33. The molecule has 0 spiro atoms. The Labute approximate surface area is 96.2 Å². The molecule has 0 bridgehead atoms. The van der Waals surface area contributed by atoms with Crippen molar-refractivity contribution < 1.29 is 4.39 Å². The molecule has 2 nitrogen and oxygen atoms in total. The van der Waals surface area contributed by atoms with E-state index in [2.05, 4.69) is 11.8 Å². The van der Waals surface area contributed by atoms with Gasteiger partial charge in [0.15, 0.2) is 0 Å². The summed E-state index contributed by atoms with van der Waals surface area (Å²) in [6, 6.07) is 5.95. The highest BCUT2D eigenvalue weighted by Gasteiger charge is 2.19. The number of nitrogens with zero attached hydrogens (tertiary/aromatic N) is 1. The van der Waals surface area contributed by atoms with Crippen LogP contribution in [-0.2, 0) is 6.42 Å². The molecular weight excluding hydrogens is 203 g/mol. The molecular formula is C13H19FN2. The molecule has 16 heavy (non-hydrogen) atoms. The first-order valence-corrected chi connectivity index (χ1v) is 5.98. The number of hydrogen-bond donors (Lipinski definition) is 1. The van der Waals surface area contributed by atoms with Gasteiger partial charge in [-0.1, -0.05) is 12.1 Å². The third kappa shape index (κ3) is 2.05. The largest absolute Gasteiger partial charge is 0.371 e. The zero-order valence-corrected chi connectivity index (χ0v) is 9.75. The Hall–Kier alpha value is -1.09. The van der Waals surface area contributed by atoms with E-state index in [1.54, 1.807) is 0 Å². The Bertz CT molecular complexity index is 365. The van der Waals surface area contributed by atoms with E-state index in [1.165, 1.54) is 11.3 Å². The normalized spacial score (nSPS) is 16.3. The van der Waals surface area contributed by atoms with Crippen molar-refractivity contribution in [3.8, 4) is 0 Å². The minimum Gasteiger partial charge on any atom is -0.371 e. The molecule has 0 saturated heterocycles. The van der Waals surface area contributed by atoms with Crippen molar-refractivity contribution in [2.24, 2.45) is 5.73 Å². The lowest BCUT2D eigenvalue weighted by atomic mass is 10.0. The molecule has 1 aliphatic rings. The van der Waals surface area contributed by atoms with Gasteiger partial charge in [-0.25, -0.2) is 4.39 Å². The average Bonchev–Trinajstić information content (AvgIpc) is 2.71. The zero-order valence-electron chi connectivity index (χ0n) is 9.75. The molecule has 0 aromatic heterocycles. The fourth-order valence-corrected chi connectivity index (χ4v) is 2.33. The van der Waals surface area contributed by atoms with Crippen molar-refractivity contribution in [3.05, 3.63) is 29.3 Å². The number of alkyl halides is 1. The van der Waals surface area contributed by atoms with Gasteiger partial charge < -0.3 is 10.6 Å². The highest BCUT2D eigenvalue weighted by molar-refractivity contribution is 5.59. The molecule has 1 aromatic rings. The first kappa shape index (κ1) is 11.4. The second kappa shape index (κ2) is 4.83. The molecule has 0 saturated carbocycles. The number of nitrogens with two attached hydrogens (primary N) is 1. The van der Waals surface area contributed by atoms with E-state index in [9.17, 15) is 4.39 Å². The molecule has 1 aliphatic heterocycles. The number of halogens is 1. The van der Waals surface area contributed by atoms with Gasteiger partial charge in [0, 0.05) is 18.8 Å². The van der Waals surface area contributed by atoms with E-state index in [0.29, 0.717) is 13.0 Å². The number of likely N-dealkylation sites (N-methyl/N-ethyl adjacent to an activating group) is 1. The Morgan fingerprint density at radius 1 is 1.50 bits per heavy atom. The van der Waals surface area contributed by atoms with Gasteiger partial charge in [0.1, 0.15) is 6.17 Å². The second-order valence-electron chi connectivity index (χ2n) is 4.26. The van der Waals surface area contributed by atoms with Gasteiger partial charge in [-0.3, -0.25) is 0 Å². The predicted octanol–water partition coefficient (Wildman–Crippen LogP) is 2.43. The van der Waals surface area contributed by atoms with Crippen molar-refractivity contribution >= 4 is 5.69 Å². The van der Waals surface area contributed by atoms with Crippen molar-refractivity contribution in [2.75, 3.05) is 24.5 Å². The standard InChI is InChI=1S/C13H19FN2/c1-2-16-8-6-11-9-10(3-4-13(11)16)12(14)5-7-15/h3-4,9,12H,2,5-8,15H2,1H3. The molecule has 0 aliphatic carbocycles. The molecule has 3 heteroatoms. The van der Waals surface area contributed by atoms with Crippen molar-refractivity contribution in [1.29, 1.82) is 0 Å². The van der Waals surface area contributed by atoms with Crippen LogP contribution in [0.2, 0.25) is 0 Å². The molecule has 1 heterocycles. The second-order valence-corrected chi connectivity index (χ2v) is 4.26. The molecule has 2 N–H and O–H groups in total. The number of benzene rings is 1. The summed E-state index contributed by atoms with van der Waals surface area (Å²) in [4.78, 5) is 2.33. The third-order valence-corrected chi connectivity index (χ3v) is 3.26. The molecule has 88 valence electrons. The quantitative estimate of drug-likeness (QED) is 0.847. The Balaban J connectivity index is 2.21. The highest BCUT2D eigenvalue weighted by atomic mass is 19.1. The summed E-state index contributed by atoms with van der Waals surface area (Å²) in [6.45, 7) is 4.63. The lowest BCUT2D eigenvalue weighted by Crippen LogP contribution is -2.19. The van der Waals surface area contributed by atoms with E-state index >= 15 is 0 Å². The predicted molar refractivity (Wildman–Crippen MR) is 65.6 cm³/mol. The van der Waals surface area contributed by atoms with Crippen LogP contribution in [0.5, 0.6) is 0 Å². The maximum Gasteiger partial charge on any atom is 0.126 e. The summed E-state index contributed by atoms with van der Waals surface area (Å²) in [5.41, 5.74) is 8.70. The SMILES string of the molecule is CCN1CCc2cc(C(F)CCN)ccc21. The van der Waals surface area contributed by atoms with Crippen LogP contribution in [-0.4, -0.2) is 19.6 Å². The van der Waals surface area contributed by atoms with Crippen LogP contribution < -0.4 is 10.6 Å². The fraction of sp³-hybridized carbons (Fsp3) is 0.538. The van der Waals surface area contributed by atoms with Gasteiger partial charge >= 0.3 is 0 Å². The van der Waals surface area contributed by atoms with Crippen LogP contribution >= 0.6 is 0 Å². The van der Waals surface area contributed by atoms with Gasteiger partial charge in [-0.15, -0.1) is 0 Å². The minimum absolute atomic E-state index is 0.402. The number of anilines is 1. The first-order chi connectivity index (χ1) is 7.76. The van der Waals surface area contributed by atoms with Gasteiger partial charge in [0.2, 0.25) is 0 Å². The molecule has 1 unspecified atom stereocenters. The monoisotopic (exact) mass is 222 g/mol. The third-order valence-electron chi connectivity index (χ3n) is 3.26. The molecule has 1 aromatic carbocycles. The average molecular weight is 222 g/mol. The van der Waals surface area contributed by atoms with E-state index < -0.39 is 6.17 Å². The Morgan fingerprint density at radius 3 is 3.00 bits per heavy atom. The maximum absolute atomic E-state index is 13.7. The van der Waals surface area contributed by atoms with E-state index in [-0.39, 0.29) is 0 Å². The minimum atomic E-state index is -0.911. The Kier molecular flexibility index (Phi) is 3.44. The topological polar surface area (TPSA) is 29.3 Å². The molecule has 0 fully saturated rings. The van der Waals surface area contributed by atoms with Crippen LogP contribution in [0.15, 0.2) is 18.2 Å². The molecule has 0 radical (unpaired) electrons. The molecule has 0 amide bonds. The van der Waals surface area contributed by atoms with E-state index in [1.807, 2.05) is 18.2 Å². The number of fused-ring (bicyclic) bond motifs is 1. The molecule has 1 atom stereocenters. The number of rotatable bonds is 4. The van der Waals surface area contributed by atoms with Gasteiger partial charge in [0.05, 0.1) is 0 Å². The van der Waals surface area contributed by atoms with Crippen LogP contribution in [0, 0.1) is 0 Å². The van der Waals surface area contributed by atoms with Crippen LogP contribution in [0.1, 0.15) is 30.6 Å². The zero-order chi connectivity index (χ0) is 11.5. The van der Waals surface area contributed by atoms with Crippen molar-refractivity contribution in [1.82, 2.24) is 0 Å². The van der Waals surface area contributed by atoms with E-state index in [0.717, 1.165) is 25.1 Å². The lowest BCUT2D eigenvalue weighted by molar-refractivity contribution is 0.327. The van der Waals surface area contributed by atoms with E-state index in [4.69, 9.17) is 5.73 Å². The maximum atomic E-state index is 13.7. The summed E-state index contributed by atoms with van der Waals surface area (Å²) in [6.07, 6.45) is 0.536. The van der Waals surface area contributed by atoms with Crippen LogP contribution in [0.3, 0.4) is 0 Å².